The maximum absolute atomic E-state index is 2.79. The fourth-order valence-electron chi connectivity index (χ4n) is 4.86. The molecule has 0 N–H and O–H groups in total. The van der Waals surface area contributed by atoms with Crippen molar-refractivity contribution in [3.63, 3.8) is 0 Å². The second-order valence-corrected chi connectivity index (χ2v) is 7.70. The Morgan fingerprint density at radius 3 is 2.37 bits per heavy atom. The lowest BCUT2D eigenvalue weighted by atomic mass is 9.71. The van der Waals surface area contributed by atoms with E-state index in [0.29, 0.717) is 5.41 Å². The first-order valence-corrected chi connectivity index (χ1v) is 8.20. The number of likely N-dealkylation sites (tertiary alicyclic amines) is 3. The molecule has 110 valence electrons. The van der Waals surface area contributed by atoms with Crippen molar-refractivity contribution in [2.24, 2.45) is 11.3 Å². The number of piperidine rings is 1. The molecule has 0 radical (unpaired) electrons. The molecule has 3 heterocycles. The van der Waals surface area contributed by atoms with Crippen molar-refractivity contribution in [3.8, 4) is 0 Å². The number of rotatable bonds is 3. The number of hydrogen-bond acceptors (Lipinski definition) is 3. The van der Waals surface area contributed by atoms with Gasteiger partial charge in [0.1, 0.15) is 0 Å². The Morgan fingerprint density at radius 2 is 1.79 bits per heavy atom. The van der Waals surface area contributed by atoms with Crippen molar-refractivity contribution in [2.75, 3.05) is 46.3 Å². The van der Waals surface area contributed by atoms with Crippen LogP contribution in [0.4, 0.5) is 0 Å². The smallest absolute Gasteiger partial charge is 0.0212 e. The van der Waals surface area contributed by atoms with Crippen molar-refractivity contribution in [1.29, 1.82) is 0 Å². The van der Waals surface area contributed by atoms with Crippen molar-refractivity contribution >= 4 is 0 Å². The van der Waals surface area contributed by atoms with Gasteiger partial charge in [-0.05, 0) is 39.3 Å². The summed E-state index contributed by atoms with van der Waals surface area (Å²) < 4.78 is 0. The third-order valence-electron chi connectivity index (χ3n) is 5.65. The molecule has 3 aliphatic rings. The Kier molecular flexibility index (Phi) is 3.65. The molecule has 0 aromatic rings. The summed E-state index contributed by atoms with van der Waals surface area (Å²) in [6.07, 6.45) is 2.67. The quantitative estimate of drug-likeness (QED) is 0.770. The summed E-state index contributed by atoms with van der Waals surface area (Å²) >= 11 is 0. The van der Waals surface area contributed by atoms with E-state index in [4.69, 9.17) is 0 Å². The maximum atomic E-state index is 2.79. The average Bonchev–Trinajstić information content (AvgIpc) is 2.27. The molecule has 3 heteroatoms. The van der Waals surface area contributed by atoms with Crippen LogP contribution in [0.2, 0.25) is 0 Å². The normalized spacial score (nSPS) is 40.1. The monoisotopic (exact) mass is 265 g/mol. The fraction of sp³-hybridized carbons (Fsp3) is 1.00. The summed E-state index contributed by atoms with van der Waals surface area (Å²) in [5, 5.41) is 0. The van der Waals surface area contributed by atoms with Crippen molar-refractivity contribution < 1.29 is 0 Å². The highest BCUT2D eigenvalue weighted by atomic mass is 15.3. The van der Waals surface area contributed by atoms with Gasteiger partial charge >= 0.3 is 0 Å². The second-order valence-electron chi connectivity index (χ2n) is 7.70. The zero-order valence-corrected chi connectivity index (χ0v) is 13.2. The van der Waals surface area contributed by atoms with Gasteiger partial charge in [0, 0.05) is 50.2 Å². The standard InChI is InChI=1S/C16H31N3/c1-5-6-18-8-13(2)15(7-14(18)3)19-11-16(12-19)9-17(4)10-16/h13-15H,5-12H2,1-4H3/t13?,14?,15-/m1/s1. The summed E-state index contributed by atoms with van der Waals surface area (Å²) in [5.74, 6) is 0.845. The van der Waals surface area contributed by atoms with E-state index in [-0.39, 0.29) is 0 Å². The Balaban J connectivity index is 1.53. The highest BCUT2D eigenvalue weighted by Gasteiger charge is 2.53. The molecule has 3 aliphatic heterocycles. The lowest BCUT2D eigenvalue weighted by Gasteiger charge is -2.63. The summed E-state index contributed by atoms with van der Waals surface area (Å²) in [5.41, 5.74) is 0.693. The minimum Gasteiger partial charge on any atom is -0.305 e. The minimum absolute atomic E-state index is 0.693. The molecule has 19 heavy (non-hydrogen) atoms. The molecule has 0 aromatic heterocycles. The molecule has 2 unspecified atom stereocenters. The maximum Gasteiger partial charge on any atom is 0.0212 e. The molecule has 3 saturated heterocycles. The first-order chi connectivity index (χ1) is 9.03. The van der Waals surface area contributed by atoms with Gasteiger partial charge in [-0.2, -0.15) is 0 Å². The number of hydrogen-bond donors (Lipinski definition) is 0. The van der Waals surface area contributed by atoms with Crippen molar-refractivity contribution in [1.82, 2.24) is 14.7 Å². The van der Waals surface area contributed by atoms with Crippen LogP contribution in [0.3, 0.4) is 0 Å². The molecule has 3 fully saturated rings. The summed E-state index contributed by atoms with van der Waals surface area (Å²) in [6.45, 7) is 15.2. The molecular formula is C16H31N3. The molecular weight excluding hydrogens is 234 g/mol. The third kappa shape index (κ3) is 2.45. The SMILES string of the molecule is CCCN1CC(C)[C@H](N2CC3(CN(C)C3)C2)CC1C. The highest BCUT2D eigenvalue weighted by molar-refractivity contribution is 5.07. The van der Waals surface area contributed by atoms with Crippen LogP contribution in [0.5, 0.6) is 0 Å². The van der Waals surface area contributed by atoms with Gasteiger partial charge in [0.25, 0.3) is 0 Å². The Labute approximate surface area is 118 Å². The first-order valence-electron chi connectivity index (χ1n) is 8.20. The molecule has 0 aromatic carbocycles. The van der Waals surface area contributed by atoms with E-state index in [0.717, 1.165) is 18.0 Å². The third-order valence-corrected chi connectivity index (χ3v) is 5.65. The lowest BCUT2D eigenvalue weighted by molar-refractivity contribution is -0.139. The van der Waals surface area contributed by atoms with Gasteiger partial charge in [0.15, 0.2) is 0 Å². The predicted octanol–water partition coefficient (Wildman–Crippen LogP) is 1.74. The van der Waals surface area contributed by atoms with Crippen molar-refractivity contribution in [2.45, 2.75) is 45.7 Å². The van der Waals surface area contributed by atoms with Crippen LogP contribution in [0.1, 0.15) is 33.6 Å². The van der Waals surface area contributed by atoms with E-state index in [2.05, 4.69) is 42.5 Å². The van der Waals surface area contributed by atoms with Gasteiger partial charge in [0.2, 0.25) is 0 Å². The lowest BCUT2D eigenvalue weighted by Crippen LogP contribution is -2.74. The molecule has 0 amide bonds. The number of nitrogens with zero attached hydrogens (tertiary/aromatic N) is 3. The van der Waals surface area contributed by atoms with Crippen LogP contribution in [0, 0.1) is 11.3 Å². The zero-order valence-electron chi connectivity index (χ0n) is 13.2. The molecule has 0 bridgehead atoms. The Hall–Kier alpha value is -0.120. The van der Waals surface area contributed by atoms with E-state index in [1.165, 1.54) is 52.1 Å². The molecule has 3 atom stereocenters. The largest absolute Gasteiger partial charge is 0.305 e. The van der Waals surface area contributed by atoms with Crippen molar-refractivity contribution in [3.05, 3.63) is 0 Å². The van der Waals surface area contributed by atoms with Crippen LogP contribution in [0.25, 0.3) is 0 Å². The van der Waals surface area contributed by atoms with Gasteiger partial charge in [0.05, 0.1) is 0 Å². The van der Waals surface area contributed by atoms with Gasteiger partial charge in [-0.25, -0.2) is 0 Å². The predicted molar refractivity (Wildman–Crippen MR) is 80.4 cm³/mol. The van der Waals surface area contributed by atoms with Crippen LogP contribution >= 0.6 is 0 Å². The van der Waals surface area contributed by atoms with E-state index < -0.39 is 0 Å². The fourth-order valence-corrected chi connectivity index (χ4v) is 4.86. The summed E-state index contributed by atoms with van der Waals surface area (Å²) in [6, 6.07) is 1.63. The van der Waals surface area contributed by atoms with Gasteiger partial charge in [-0.3, -0.25) is 4.90 Å². The molecule has 1 spiro atoms. The van der Waals surface area contributed by atoms with E-state index in [9.17, 15) is 0 Å². The summed E-state index contributed by atoms with van der Waals surface area (Å²) in [4.78, 5) is 7.96. The molecule has 0 saturated carbocycles. The highest BCUT2D eigenvalue weighted by Crippen LogP contribution is 2.42. The van der Waals surface area contributed by atoms with Crippen LogP contribution in [0.15, 0.2) is 0 Å². The zero-order chi connectivity index (χ0) is 13.6. The Bertz CT molecular complexity index is 316. The summed E-state index contributed by atoms with van der Waals surface area (Å²) in [7, 11) is 2.25. The first kappa shape index (κ1) is 13.8. The molecule has 3 rings (SSSR count). The topological polar surface area (TPSA) is 9.72 Å². The van der Waals surface area contributed by atoms with Crippen LogP contribution < -0.4 is 0 Å². The minimum atomic E-state index is 0.693. The average molecular weight is 265 g/mol. The van der Waals surface area contributed by atoms with Crippen LogP contribution in [-0.4, -0.2) is 73.1 Å². The second kappa shape index (κ2) is 5.01. The van der Waals surface area contributed by atoms with Gasteiger partial charge in [-0.1, -0.05) is 13.8 Å². The molecule has 0 aliphatic carbocycles. The van der Waals surface area contributed by atoms with Gasteiger partial charge in [-0.15, -0.1) is 0 Å². The van der Waals surface area contributed by atoms with E-state index in [1.54, 1.807) is 0 Å². The van der Waals surface area contributed by atoms with Gasteiger partial charge < -0.3 is 9.80 Å². The van der Waals surface area contributed by atoms with E-state index in [1.807, 2.05) is 0 Å². The molecule has 3 nitrogen and oxygen atoms in total. The van der Waals surface area contributed by atoms with Crippen LogP contribution in [-0.2, 0) is 0 Å². The Morgan fingerprint density at radius 1 is 1.11 bits per heavy atom. The van der Waals surface area contributed by atoms with E-state index >= 15 is 0 Å².